The Balaban J connectivity index is 1.59. The zero-order valence-corrected chi connectivity index (χ0v) is 20.0. The average molecular weight is 478 g/mol. The summed E-state index contributed by atoms with van der Waals surface area (Å²) in [5.74, 6) is -0.721. The first-order valence-corrected chi connectivity index (χ1v) is 13.5. The van der Waals surface area contributed by atoms with E-state index in [1.54, 1.807) is 13.8 Å². The molecule has 0 radical (unpaired) electrons. The van der Waals surface area contributed by atoms with Crippen molar-refractivity contribution in [3.63, 3.8) is 0 Å². The molecular weight excluding hydrogens is 450 g/mol. The van der Waals surface area contributed by atoms with Gasteiger partial charge in [0.2, 0.25) is 26.0 Å². The van der Waals surface area contributed by atoms with Gasteiger partial charge < -0.3 is 4.90 Å². The lowest BCUT2D eigenvalue weighted by Crippen LogP contribution is -2.49. The normalized spacial score (nSPS) is 19.5. The van der Waals surface area contributed by atoms with E-state index in [1.165, 1.54) is 16.4 Å². The number of anilines is 2. The van der Waals surface area contributed by atoms with E-state index in [0.29, 0.717) is 37.3 Å². The van der Waals surface area contributed by atoms with E-state index >= 15 is 0 Å². The Morgan fingerprint density at radius 2 is 1.50 bits per heavy atom. The van der Waals surface area contributed by atoms with Gasteiger partial charge in [0.25, 0.3) is 0 Å². The highest BCUT2D eigenvalue weighted by Gasteiger charge is 2.38. The Labute approximate surface area is 189 Å². The topological polar surface area (TPSA) is 95.1 Å². The molecule has 0 aromatic heterocycles. The van der Waals surface area contributed by atoms with Crippen LogP contribution in [0.4, 0.5) is 11.4 Å². The third kappa shape index (κ3) is 4.02. The first kappa shape index (κ1) is 22.8. The van der Waals surface area contributed by atoms with E-state index in [4.69, 9.17) is 0 Å². The van der Waals surface area contributed by atoms with Crippen LogP contribution in [0.1, 0.15) is 23.1 Å². The van der Waals surface area contributed by atoms with Crippen LogP contribution in [0, 0.1) is 20.8 Å². The van der Waals surface area contributed by atoms with Gasteiger partial charge in [0.05, 0.1) is 16.3 Å². The largest absolute Gasteiger partial charge is 0.369 e. The Bertz CT molecular complexity index is 1260. The number of hydrogen-bond donors (Lipinski definition) is 0. The highest BCUT2D eigenvalue weighted by atomic mass is 32.2. The zero-order valence-electron chi connectivity index (χ0n) is 18.4. The fourth-order valence-corrected chi connectivity index (χ4v) is 7.74. The number of rotatable bonds is 4. The molecule has 10 heteroatoms. The van der Waals surface area contributed by atoms with Crippen LogP contribution in [0.15, 0.2) is 41.3 Å². The maximum absolute atomic E-state index is 13.5. The fraction of sp³-hybridized carbons (Fsp3) is 0.409. The van der Waals surface area contributed by atoms with Crippen LogP contribution in [0.2, 0.25) is 0 Å². The molecule has 2 aliphatic heterocycles. The van der Waals surface area contributed by atoms with Crippen molar-refractivity contribution in [1.29, 1.82) is 0 Å². The highest BCUT2D eigenvalue weighted by molar-refractivity contribution is 7.94. The maximum Gasteiger partial charge on any atom is 0.243 e. The van der Waals surface area contributed by atoms with Crippen LogP contribution in [-0.2, 0) is 24.8 Å². The second kappa shape index (κ2) is 8.17. The van der Waals surface area contributed by atoms with Crippen molar-refractivity contribution in [3.8, 4) is 0 Å². The summed E-state index contributed by atoms with van der Waals surface area (Å²) in [5, 5.41) is 0. The fourth-order valence-electron chi connectivity index (χ4n) is 4.46. The van der Waals surface area contributed by atoms with Gasteiger partial charge in [0, 0.05) is 38.3 Å². The molecule has 8 nitrogen and oxygen atoms in total. The van der Waals surface area contributed by atoms with Crippen LogP contribution < -0.4 is 9.21 Å². The Morgan fingerprint density at radius 3 is 2.03 bits per heavy atom. The number of aryl methyl sites for hydroxylation is 3. The van der Waals surface area contributed by atoms with E-state index in [0.717, 1.165) is 15.6 Å². The third-order valence-corrected chi connectivity index (χ3v) is 9.86. The smallest absolute Gasteiger partial charge is 0.243 e. The molecule has 32 heavy (non-hydrogen) atoms. The van der Waals surface area contributed by atoms with E-state index < -0.39 is 26.0 Å². The molecule has 2 aromatic rings. The predicted molar refractivity (Wildman–Crippen MR) is 124 cm³/mol. The maximum atomic E-state index is 13.5. The molecule has 1 amide bonds. The molecule has 0 saturated carbocycles. The molecular formula is C22H27N3O5S2. The van der Waals surface area contributed by atoms with Crippen LogP contribution >= 0.6 is 0 Å². The summed E-state index contributed by atoms with van der Waals surface area (Å²) in [6.45, 7) is 7.18. The standard InChI is InChI=1S/C22H27N3O5S2/c1-16-5-4-6-19(13-16)23-8-10-24(11-9-23)32(29,30)22-17(2)14-20(15-18(22)3)25-21(26)7-12-31(25,27)28/h4-6,13-15H,7-12H2,1-3H3. The SMILES string of the molecule is Cc1cccc(N2CCN(S(=O)(=O)c3c(C)cc(N4C(=O)CCS4(=O)=O)cc3C)CC2)c1. The Hall–Kier alpha value is -2.43. The lowest BCUT2D eigenvalue weighted by molar-refractivity contribution is -0.116. The van der Waals surface area contributed by atoms with E-state index in [1.807, 2.05) is 25.1 Å². The summed E-state index contributed by atoms with van der Waals surface area (Å²) in [6, 6.07) is 11.1. The number of nitrogens with zero attached hydrogens (tertiary/aromatic N) is 3. The van der Waals surface area contributed by atoms with Gasteiger partial charge in [-0.3, -0.25) is 4.79 Å². The van der Waals surface area contributed by atoms with Gasteiger partial charge in [-0.15, -0.1) is 0 Å². The van der Waals surface area contributed by atoms with Crippen molar-refractivity contribution in [2.75, 3.05) is 41.1 Å². The lowest BCUT2D eigenvalue weighted by Gasteiger charge is -2.36. The minimum atomic E-state index is -3.77. The molecule has 2 saturated heterocycles. The average Bonchev–Trinajstić information content (AvgIpc) is 2.99. The van der Waals surface area contributed by atoms with Crippen molar-refractivity contribution >= 4 is 37.3 Å². The highest BCUT2D eigenvalue weighted by Crippen LogP contribution is 2.33. The minimum Gasteiger partial charge on any atom is -0.369 e. The quantitative estimate of drug-likeness (QED) is 0.670. The van der Waals surface area contributed by atoms with Crippen LogP contribution in [0.5, 0.6) is 0 Å². The van der Waals surface area contributed by atoms with Crippen LogP contribution in [0.3, 0.4) is 0 Å². The summed E-state index contributed by atoms with van der Waals surface area (Å²) in [7, 11) is -7.47. The Kier molecular flexibility index (Phi) is 5.81. The molecule has 0 spiro atoms. The zero-order chi connectivity index (χ0) is 23.3. The molecule has 0 bridgehead atoms. The number of benzene rings is 2. The first-order chi connectivity index (χ1) is 15.0. The van der Waals surface area contributed by atoms with E-state index in [9.17, 15) is 21.6 Å². The number of sulfonamides is 2. The molecule has 2 fully saturated rings. The molecule has 2 heterocycles. The van der Waals surface area contributed by atoms with Gasteiger partial charge in [0.1, 0.15) is 0 Å². The lowest BCUT2D eigenvalue weighted by atomic mass is 10.1. The molecule has 0 atom stereocenters. The number of carbonyl (C=O) groups excluding carboxylic acids is 1. The minimum absolute atomic E-state index is 0.0638. The monoisotopic (exact) mass is 477 g/mol. The molecule has 4 rings (SSSR count). The van der Waals surface area contributed by atoms with Crippen LogP contribution in [-0.4, -0.2) is 59.0 Å². The molecule has 0 N–H and O–H groups in total. The second-order valence-electron chi connectivity index (χ2n) is 8.36. The number of carbonyl (C=O) groups is 1. The molecule has 0 unspecified atom stereocenters. The summed E-state index contributed by atoms with van der Waals surface area (Å²) in [6.07, 6.45) is -0.0638. The number of hydrogen-bond acceptors (Lipinski definition) is 6. The molecule has 0 aliphatic carbocycles. The summed E-state index contributed by atoms with van der Waals surface area (Å²) >= 11 is 0. The molecule has 2 aliphatic rings. The molecule has 172 valence electrons. The van der Waals surface area contributed by atoms with E-state index in [2.05, 4.69) is 11.0 Å². The third-order valence-electron chi connectivity index (χ3n) is 5.96. The van der Waals surface area contributed by atoms with Gasteiger partial charge in [-0.05, 0) is 61.7 Å². The van der Waals surface area contributed by atoms with Gasteiger partial charge in [-0.25, -0.2) is 21.1 Å². The summed E-state index contributed by atoms with van der Waals surface area (Å²) in [4.78, 5) is 14.5. The van der Waals surface area contributed by atoms with Crippen molar-refractivity contribution < 1.29 is 21.6 Å². The van der Waals surface area contributed by atoms with Crippen molar-refractivity contribution in [3.05, 3.63) is 53.1 Å². The number of amides is 1. The second-order valence-corrected chi connectivity index (χ2v) is 12.2. The summed E-state index contributed by atoms with van der Waals surface area (Å²) in [5.41, 5.74) is 3.29. The number of piperazine rings is 1. The van der Waals surface area contributed by atoms with Crippen molar-refractivity contribution in [1.82, 2.24) is 4.31 Å². The van der Waals surface area contributed by atoms with Gasteiger partial charge in [-0.1, -0.05) is 12.1 Å². The van der Waals surface area contributed by atoms with Gasteiger partial charge in [0.15, 0.2) is 0 Å². The molecule has 2 aromatic carbocycles. The van der Waals surface area contributed by atoms with Gasteiger partial charge in [-0.2, -0.15) is 4.31 Å². The predicted octanol–water partition coefficient (Wildman–Crippen LogP) is 2.19. The van der Waals surface area contributed by atoms with Crippen molar-refractivity contribution in [2.24, 2.45) is 0 Å². The van der Waals surface area contributed by atoms with Gasteiger partial charge >= 0.3 is 0 Å². The summed E-state index contributed by atoms with van der Waals surface area (Å²) < 4.78 is 53.7. The first-order valence-electron chi connectivity index (χ1n) is 10.5. The van der Waals surface area contributed by atoms with Crippen LogP contribution in [0.25, 0.3) is 0 Å². The van der Waals surface area contributed by atoms with E-state index in [-0.39, 0.29) is 22.8 Å². The van der Waals surface area contributed by atoms with Crippen molar-refractivity contribution in [2.45, 2.75) is 32.1 Å². The Morgan fingerprint density at radius 1 is 0.875 bits per heavy atom.